The molecule has 1 aliphatic rings. The number of amides is 1. The molecule has 21 heavy (non-hydrogen) atoms. The van der Waals surface area contributed by atoms with Crippen LogP contribution in [0.3, 0.4) is 0 Å². The van der Waals surface area contributed by atoms with E-state index in [0.29, 0.717) is 0 Å². The molecule has 1 fully saturated rings. The lowest BCUT2D eigenvalue weighted by atomic mass is 9.85. The van der Waals surface area contributed by atoms with Crippen LogP contribution in [0.1, 0.15) is 6.42 Å². The summed E-state index contributed by atoms with van der Waals surface area (Å²) < 4.78 is 35.8. The topological polar surface area (TPSA) is 107 Å². The molecule has 1 saturated heterocycles. The molecule has 0 bridgehead atoms. The maximum atomic E-state index is 11.9. The molecule has 7 nitrogen and oxygen atoms in total. The fourth-order valence-corrected chi connectivity index (χ4v) is 2.17. The smallest absolute Gasteiger partial charge is 0.405 e. The number of rotatable bonds is 5. The van der Waals surface area contributed by atoms with Gasteiger partial charge in [0.2, 0.25) is 5.91 Å². The zero-order chi connectivity index (χ0) is 16.2. The lowest BCUT2D eigenvalue weighted by Gasteiger charge is -2.34. The van der Waals surface area contributed by atoms with Gasteiger partial charge in [0.05, 0.1) is 18.4 Å². The summed E-state index contributed by atoms with van der Waals surface area (Å²) in [5.41, 5.74) is 0. The van der Waals surface area contributed by atoms with Crippen LogP contribution in [0.5, 0.6) is 0 Å². The molecule has 1 rings (SSSR count). The average Bonchev–Trinajstić information content (AvgIpc) is 2.35. The number of carboxylic acids is 2. The Morgan fingerprint density at radius 2 is 1.71 bits per heavy atom. The number of alkyl halides is 3. The maximum Gasteiger partial charge on any atom is 0.405 e. The molecule has 10 heteroatoms. The van der Waals surface area contributed by atoms with E-state index in [1.807, 2.05) is 0 Å². The maximum absolute atomic E-state index is 11.9. The quantitative estimate of drug-likeness (QED) is 0.647. The van der Waals surface area contributed by atoms with Crippen LogP contribution in [-0.4, -0.2) is 65.3 Å². The van der Waals surface area contributed by atoms with Crippen LogP contribution >= 0.6 is 0 Å². The number of aliphatic carboxylic acids is 2. The van der Waals surface area contributed by atoms with E-state index in [-0.39, 0.29) is 19.5 Å². The van der Waals surface area contributed by atoms with Gasteiger partial charge in [0, 0.05) is 6.54 Å². The fourth-order valence-electron chi connectivity index (χ4n) is 2.17. The number of carbonyl (C=O) groups excluding carboxylic acids is 1. The van der Waals surface area contributed by atoms with Crippen LogP contribution in [0.4, 0.5) is 13.2 Å². The molecule has 0 aromatic heterocycles. The van der Waals surface area contributed by atoms with Gasteiger partial charge in [-0.15, -0.1) is 0 Å². The zero-order valence-electron chi connectivity index (χ0n) is 10.9. The van der Waals surface area contributed by atoms with E-state index in [1.54, 1.807) is 5.32 Å². The van der Waals surface area contributed by atoms with E-state index in [4.69, 9.17) is 10.2 Å². The van der Waals surface area contributed by atoms with E-state index in [2.05, 4.69) is 0 Å². The molecule has 0 radical (unpaired) electrons. The first-order chi connectivity index (χ1) is 9.60. The van der Waals surface area contributed by atoms with Gasteiger partial charge in [0.15, 0.2) is 0 Å². The van der Waals surface area contributed by atoms with Gasteiger partial charge >= 0.3 is 18.1 Å². The normalized spacial score (nSPS) is 23.6. The van der Waals surface area contributed by atoms with Crippen molar-refractivity contribution >= 4 is 17.8 Å². The standard InChI is InChI=1S/C11H15F3N2O5/c12-11(13,14)5-15-8(17)4-16-2-1-6(9(18)19)7(3-16)10(20)21/h6-7H,1-5H2,(H,15,17)(H,18,19)(H,20,21). The Balaban J connectivity index is 2.53. The number of nitrogens with zero attached hydrogens (tertiary/aromatic N) is 1. The molecule has 0 aliphatic carbocycles. The number of piperidine rings is 1. The minimum absolute atomic E-state index is 0.0266. The van der Waals surface area contributed by atoms with Crippen molar-refractivity contribution in [2.75, 3.05) is 26.2 Å². The summed E-state index contributed by atoms with van der Waals surface area (Å²) in [7, 11) is 0. The molecule has 120 valence electrons. The highest BCUT2D eigenvalue weighted by molar-refractivity contribution is 5.81. The van der Waals surface area contributed by atoms with Crippen molar-refractivity contribution in [2.45, 2.75) is 12.6 Å². The summed E-state index contributed by atoms with van der Waals surface area (Å²) in [6, 6.07) is 0. The Labute approximate surface area is 117 Å². The van der Waals surface area contributed by atoms with Crippen molar-refractivity contribution in [3.63, 3.8) is 0 Å². The van der Waals surface area contributed by atoms with E-state index >= 15 is 0 Å². The summed E-state index contributed by atoms with van der Waals surface area (Å²) in [6.07, 6.45) is -4.49. The fraction of sp³-hybridized carbons (Fsp3) is 0.727. The average molecular weight is 312 g/mol. The lowest BCUT2D eigenvalue weighted by molar-refractivity contribution is -0.157. The van der Waals surface area contributed by atoms with Gasteiger partial charge in [-0.2, -0.15) is 13.2 Å². The monoisotopic (exact) mass is 312 g/mol. The van der Waals surface area contributed by atoms with E-state index in [9.17, 15) is 27.6 Å². The third-order valence-electron chi connectivity index (χ3n) is 3.18. The highest BCUT2D eigenvalue weighted by atomic mass is 19.4. The molecule has 1 amide bonds. The van der Waals surface area contributed by atoms with Crippen molar-refractivity contribution < 1.29 is 37.8 Å². The predicted octanol–water partition coefficient (Wildman–Crippen LogP) is -0.228. The van der Waals surface area contributed by atoms with Crippen LogP contribution in [0.15, 0.2) is 0 Å². The molecule has 0 aromatic rings. The van der Waals surface area contributed by atoms with Gasteiger partial charge in [-0.25, -0.2) is 0 Å². The molecular weight excluding hydrogens is 297 g/mol. The van der Waals surface area contributed by atoms with Gasteiger partial charge in [-0.1, -0.05) is 0 Å². The van der Waals surface area contributed by atoms with E-state index < -0.39 is 48.9 Å². The minimum atomic E-state index is -4.52. The molecule has 0 aromatic carbocycles. The number of likely N-dealkylation sites (tertiary alicyclic amines) is 1. The number of nitrogens with one attached hydrogen (secondary N) is 1. The second-order valence-corrected chi connectivity index (χ2v) is 4.81. The Morgan fingerprint density at radius 3 is 2.19 bits per heavy atom. The van der Waals surface area contributed by atoms with Crippen molar-refractivity contribution in [2.24, 2.45) is 11.8 Å². The number of hydrogen-bond donors (Lipinski definition) is 3. The number of carbonyl (C=O) groups is 3. The summed E-state index contributed by atoms with van der Waals surface area (Å²) in [5.74, 6) is -5.67. The van der Waals surface area contributed by atoms with Crippen LogP contribution in [-0.2, 0) is 14.4 Å². The Kier molecular flexibility index (Phi) is 5.53. The first-order valence-corrected chi connectivity index (χ1v) is 6.11. The van der Waals surface area contributed by atoms with Gasteiger partial charge in [-0.3, -0.25) is 19.3 Å². The van der Waals surface area contributed by atoms with Crippen molar-refractivity contribution in [1.82, 2.24) is 10.2 Å². The van der Waals surface area contributed by atoms with Crippen molar-refractivity contribution in [3.05, 3.63) is 0 Å². The summed E-state index contributed by atoms with van der Waals surface area (Å²) in [6.45, 7) is -1.90. The summed E-state index contributed by atoms with van der Waals surface area (Å²) in [4.78, 5) is 34.6. The largest absolute Gasteiger partial charge is 0.481 e. The van der Waals surface area contributed by atoms with Crippen molar-refractivity contribution in [3.8, 4) is 0 Å². The first kappa shape index (κ1) is 17.2. The Morgan fingerprint density at radius 1 is 1.14 bits per heavy atom. The third kappa shape index (κ3) is 5.58. The SMILES string of the molecule is O=C(CN1CCC(C(=O)O)C(C(=O)O)C1)NCC(F)(F)F. The first-order valence-electron chi connectivity index (χ1n) is 6.11. The summed E-state index contributed by atoms with van der Waals surface area (Å²) in [5, 5.41) is 19.6. The number of halogens is 3. The van der Waals surface area contributed by atoms with Gasteiger partial charge in [0.25, 0.3) is 0 Å². The summed E-state index contributed by atoms with van der Waals surface area (Å²) >= 11 is 0. The highest BCUT2D eigenvalue weighted by Crippen LogP contribution is 2.24. The van der Waals surface area contributed by atoms with Crippen LogP contribution in [0.2, 0.25) is 0 Å². The van der Waals surface area contributed by atoms with Crippen LogP contribution < -0.4 is 5.32 Å². The van der Waals surface area contributed by atoms with E-state index in [1.165, 1.54) is 4.90 Å². The molecule has 1 aliphatic heterocycles. The van der Waals surface area contributed by atoms with Gasteiger partial charge in [-0.05, 0) is 13.0 Å². The highest BCUT2D eigenvalue weighted by Gasteiger charge is 2.39. The van der Waals surface area contributed by atoms with E-state index in [0.717, 1.165) is 0 Å². The number of hydrogen-bond acceptors (Lipinski definition) is 4. The van der Waals surface area contributed by atoms with Crippen molar-refractivity contribution in [1.29, 1.82) is 0 Å². The molecule has 2 atom stereocenters. The predicted molar refractivity (Wildman–Crippen MR) is 62.4 cm³/mol. The van der Waals surface area contributed by atoms with Crippen LogP contribution in [0, 0.1) is 11.8 Å². The Bertz CT molecular complexity index is 427. The molecule has 1 heterocycles. The zero-order valence-corrected chi connectivity index (χ0v) is 10.9. The van der Waals surface area contributed by atoms with Gasteiger partial charge < -0.3 is 15.5 Å². The molecule has 2 unspecified atom stereocenters. The molecular formula is C11H15F3N2O5. The van der Waals surface area contributed by atoms with Gasteiger partial charge in [0.1, 0.15) is 6.54 Å². The lowest BCUT2D eigenvalue weighted by Crippen LogP contribution is -2.50. The third-order valence-corrected chi connectivity index (χ3v) is 3.18. The number of carboxylic acid groups (broad SMARTS) is 2. The second kappa shape index (κ2) is 6.74. The second-order valence-electron chi connectivity index (χ2n) is 4.81. The molecule has 3 N–H and O–H groups in total. The van der Waals surface area contributed by atoms with Crippen LogP contribution in [0.25, 0.3) is 0 Å². The Hall–Kier alpha value is -1.84. The minimum Gasteiger partial charge on any atom is -0.481 e. The molecule has 0 spiro atoms. The molecule has 0 saturated carbocycles.